The van der Waals surface area contributed by atoms with E-state index in [0.717, 1.165) is 17.5 Å². The maximum atomic E-state index is 12.9. The normalized spacial score (nSPS) is 11.3. The Hall–Kier alpha value is -3.75. The zero-order valence-corrected chi connectivity index (χ0v) is 21.5. The number of ether oxygens (including phenoxy) is 3. The lowest BCUT2D eigenvalue weighted by molar-refractivity contribution is -0.123. The molecular weight excluding hydrogens is 494 g/mol. The molecule has 37 heavy (non-hydrogen) atoms. The van der Waals surface area contributed by atoms with Gasteiger partial charge in [-0.25, -0.2) is 4.79 Å². The third kappa shape index (κ3) is 9.33. The highest BCUT2D eigenvalue weighted by Crippen LogP contribution is 2.32. The zero-order valence-electron chi connectivity index (χ0n) is 20.7. The fourth-order valence-corrected chi connectivity index (χ4v) is 3.68. The van der Waals surface area contributed by atoms with Gasteiger partial charge in [0.25, 0.3) is 0 Å². The van der Waals surface area contributed by atoms with Gasteiger partial charge in [-0.3, -0.25) is 4.79 Å². The van der Waals surface area contributed by atoms with E-state index >= 15 is 0 Å². The van der Waals surface area contributed by atoms with Crippen molar-refractivity contribution >= 4 is 23.6 Å². The molecule has 0 aliphatic rings. The second kappa shape index (κ2) is 14.7. The number of carbonyl (C=O) groups is 2. The molecule has 3 aromatic carbocycles. The first-order valence-electron chi connectivity index (χ1n) is 12.0. The molecule has 0 heterocycles. The van der Waals surface area contributed by atoms with Gasteiger partial charge in [-0.15, -0.1) is 0 Å². The highest BCUT2D eigenvalue weighted by Gasteiger charge is 2.21. The number of alkyl carbamates (subject to hydrolysis) is 1. The molecular formula is C28H32ClN3O5. The number of amides is 2. The van der Waals surface area contributed by atoms with Gasteiger partial charge in [0, 0.05) is 12.6 Å². The fourth-order valence-electron chi connectivity index (χ4n) is 3.47. The van der Waals surface area contributed by atoms with Crippen molar-refractivity contribution < 1.29 is 23.8 Å². The van der Waals surface area contributed by atoms with Crippen LogP contribution in [0.4, 0.5) is 4.79 Å². The van der Waals surface area contributed by atoms with Gasteiger partial charge in [0.2, 0.25) is 5.91 Å². The van der Waals surface area contributed by atoms with E-state index in [-0.39, 0.29) is 19.1 Å². The summed E-state index contributed by atoms with van der Waals surface area (Å²) in [4.78, 5) is 25.2. The van der Waals surface area contributed by atoms with Gasteiger partial charge < -0.3 is 30.6 Å². The molecule has 1 atom stereocenters. The number of rotatable bonds is 13. The SMILES string of the molecule is COc1ccc(Oc2ccc(CNC(=O)[C@H](CCCCN)NC(=O)OCc3ccccc3)cc2)c(Cl)c1. The maximum Gasteiger partial charge on any atom is 0.408 e. The highest BCUT2D eigenvalue weighted by molar-refractivity contribution is 6.32. The van der Waals surface area contributed by atoms with E-state index in [2.05, 4.69) is 10.6 Å². The molecule has 0 aromatic heterocycles. The van der Waals surface area contributed by atoms with Crippen molar-refractivity contribution in [1.82, 2.24) is 10.6 Å². The van der Waals surface area contributed by atoms with E-state index in [1.807, 2.05) is 42.5 Å². The lowest BCUT2D eigenvalue weighted by Crippen LogP contribution is -2.46. The van der Waals surface area contributed by atoms with Crippen molar-refractivity contribution in [2.45, 2.75) is 38.5 Å². The van der Waals surface area contributed by atoms with Gasteiger partial charge in [-0.1, -0.05) is 54.1 Å². The van der Waals surface area contributed by atoms with E-state index in [4.69, 9.17) is 31.5 Å². The molecule has 3 aromatic rings. The minimum absolute atomic E-state index is 0.125. The minimum atomic E-state index is -0.727. The standard InChI is InChI=1S/C28H32ClN3O5/c1-35-23-14-15-26(24(29)17-23)37-22-12-10-20(11-13-22)18-31-27(33)25(9-5-6-16-30)32-28(34)36-19-21-7-3-2-4-8-21/h2-4,7-8,10-15,17,25H,5-6,9,16,18-19,30H2,1H3,(H,31,33)(H,32,34)/t25-/m0/s1. The Morgan fingerprint density at radius 2 is 1.68 bits per heavy atom. The number of nitrogens with one attached hydrogen (secondary N) is 2. The van der Waals surface area contributed by atoms with Crippen LogP contribution in [0.1, 0.15) is 30.4 Å². The largest absolute Gasteiger partial charge is 0.497 e. The number of benzene rings is 3. The van der Waals surface area contributed by atoms with Gasteiger partial charge in [-0.05, 0) is 61.2 Å². The summed E-state index contributed by atoms with van der Waals surface area (Å²) in [7, 11) is 1.57. The predicted molar refractivity (Wildman–Crippen MR) is 143 cm³/mol. The number of methoxy groups -OCH3 is 1. The van der Waals surface area contributed by atoms with Crippen LogP contribution in [0.25, 0.3) is 0 Å². The van der Waals surface area contributed by atoms with Crippen molar-refractivity contribution in [3.8, 4) is 17.2 Å². The molecule has 8 nitrogen and oxygen atoms in total. The lowest BCUT2D eigenvalue weighted by atomic mass is 10.1. The quantitative estimate of drug-likeness (QED) is 0.265. The number of halogens is 1. The summed E-state index contributed by atoms with van der Waals surface area (Å²) in [6.07, 6.45) is 1.27. The van der Waals surface area contributed by atoms with E-state index in [1.165, 1.54) is 0 Å². The summed E-state index contributed by atoms with van der Waals surface area (Å²) in [5.74, 6) is 1.46. The summed E-state index contributed by atoms with van der Waals surface area (Å²) in [5.41, 5.74) is 7.32. The molecule has 0 fully saturated rings. The maximum absolute atomic E-state index is 12.9. The summed E-state index contributed by atoms with van der Waals surface area (Å²) >= 11 is 6.24. The summed E-state index contributed by atoms with van der Waals surface area (Å²) in [6.45, 7) is 0.930. The number of carbonyl (C=O) groups excluding carboxylic acids is 2. The molecule has 3 rings (SSSR count). The molecule has 4 N–H and O–H groups in total. The van der Waals surface area contributed by atoms with Crippen LogP contribution in [-0.2, 0) is 22.7 Å². The number of hydrogen-bond acceptors (Lipinski definition) is 6. The first-order chi connectivity index (χ1) is 18.0. The first kappa shape index (κ1) is 27.8. The van der Waals surface area contributed by atoms with Gasteiger partial charge in [0.1, 0.15) is 29.9 Å². The molecule has 9 heteroatoms. The van der Waals surface area contributed by atoms with E-state index in [0.29, 0.717) is 41.7 Å². The minimum Gasteiger partial charge on any atom is -0.497 e. The fraction of sp³-hybridized carbons (Fsp3) is 0.286. The third-order valence-corrected chi connectivity index (χ3v) is 5.82. The van der Waals surface area contributed by atoms with Crippen molar-refractivity contribution in [2.75, 3.05) is 13.7 Å². The van der Waals surface area contributed by atoms with Crippen molar-refractivity contribution in [2.24, 2.45) is 5.73 Å². The van der Waals surface area contributed by atoms with Gasteiger partial charge >= 0.3 is 6.09 Å². The van der Waals surface area contributed by atoms with Crippen LogP contribution < -0.4 is 25.8 Å². The smallest absolute Gasteiger partial charge is 0.408 e. The summed E-state index contributed by atoms with van der Waals surface area (Å²) in [5, 5.41) is 5.99. The molecule has 0 saturated carbocycles. The van der Waals surface area contributed by atoms with Crippen LogP contribution in [0.15, 0.2) is 72.8 Å². The van der Waals surface area contributed by atoms with Crippen LogP contribution in [-0.4, -0.2) is 31.7 Å². The Morgan fingerprint density at radius 3 is 2.35 bits per heavy atom. The molecule has 2 amide bonds. The van der Waals surface area contributed by atoms with Gasteiger partial charge in [0.15, 0.2) is 0 Å². The number of hydrogen-bond donors (Lipinski definition) is 3. The molecule has 0 radical (unpaired) electrons. The zero-order chi connectivity index (χ0) is 26.5. The molecule has 0 saturated heterocycles. The first-order valence-corrected chi connectivity index (χ1v) is 12.4. The molecule has 196 valence electrons. The van der Waals surface area contributed by atoms with Crippen LogP contribution >= 0.6 is 11.6 Å². The van der Waals surface area contributed by atoms with Crippen LogP contribution in [0, 0.1) is 0 Å². The third-order valence-electron chi connectivity index (χ3n) is 5.53. The summed E-state index contributed by atoms with van der Waals surface area (Å²) in [6, 6.07) is 21.1. The number of nitrogens with two attached hydrogens (primary N) is 1. The molecule has 0 bridgehead atoms. The molecule has 0 unspecified atom stereocenters. The topological polar surface area (TPSA) is 112 Å². The molecule has 0 aliphatic carbocycles. The van der Waals surface area contributed by atoms with Gasteiger partial charge in [-0.2, -0.15) is 0 Å². The lowest BCUT2D eigenvalue weighted by Gasteiger charge is -2.18. The Labute approximate surface area is 222 Å². The Kier molecular flexibility index (Phi) is 11.1. The van der Waals surface area contributed by atoms with Crippen molar-refractivity contribution in [3.05, 3.63) is 88.9 Å². The Balaban J connectivity index is 1.52. The van der Waals surface area contributed by atoms with E-state index in [9.17, 15) is 9.59 Å². The van der Waals surface area contributed by atoms with Crippen molar-refractivity contribution in [1.29, 1.82) is 0 Å². The second-order valence-electron chi connectivity index (χ2n) is 8.30. The Bertz CT molecular complexity index is 1140. The number of unbranched alkanes of at least 4 members (excludes halogenated alkanes) is 1. The highest BCUT2D eigenvalue weighted by atomic mass is 35.5. The van der Waals surface area contributed by atoms with E-state index < -0.39 is 12.1 Å². The van der Waals surface area contributed by atoms with Gasteiger partial charge in [0.05, 0.1) is 12.1 Å². The van der Waals surface area contributed by atoms with Crippen LogP contribution in [0.2, 0.25) is 5.02 Å². The predicted octanol–water partition coefficient (Wildman–Crippen LogP) is 5.18. The van der Waals surface area contributed by atoms with Crippen molar-refractivity contribution in [3.63, 3.8) is 0 Å². The average Bonchev–Trinajstić information content (AvgIpc) is 2.92. The van der Waals surface area contributed by atoms with Crippen LogP contribution in [0.5, 0.6) is 17.2 Å². The molecule has 0 spiro atoms. The monoisotopic (exact) mass is 525 g/mol. The molecule has 0 aliphatic heterocycles. The second-order valence-corrected chi connectivity index (χ2v) is 8.71. The average molecular weight is 526 g/mol. The Morgan fingerprint density at radius 1 is 0.946 bits per heavy atom. The summed E-state index contributed by atoms with van der Waals surface area (Å²) < 4.78 is 16.3. The van der Waals surface area contributed by atoms with E-state index in [1.54, 1.807) is 37.4 Å². The van der Waals surface area contributed by atoms with Crippen LogP contribution in [0.3, 0.4) is 0 Å².